The Labute approximate surface area is 112 Å². The van der Waals surface area contributed by atoms with Gasteiger partial charge in [-0.15, -0.1) is 0 Å². The molecule has 1 aliphatic carbocycles. The molecule has 1 aliphatic rings. The SMILES string of the molecule is C[C@@H](NC1CCCc2occc21)c1ccc(F)cc1. The van der Waals surface area contributed by atoms with Crippen molar-refractivity contribution in [1.82, 2.24) is 5.32 Å². The summed E-state index contributed by atoms with van der Waals surface area (Å²) >= 11 is 0. The maximum absolute atomic E-state index is 12.9. The Balaban J connectivity index is 1.74. The van der Waals surface area contributed by atoms with Gasteiger partial charge in [-0.25, -0.2) is 4.39 Å². The van der Waals surface area contributed by atoms with Crippen LogP contribution in [0, 0.1) is 5.82 Å². The van der Waals surface area contributed by atoms with E-state index in [0.29, 0.717) is 6.04 Å². The predicted octanol–water partition coefficient (Wildman–Crippen LogP) is 4.15. The normalized spacial score (nSPS) is 20.0. The van der Waals surface area contributed by atoms with Crippen molar-refractivity contribution in [2.75, 3.05) is 0 Å². The third-order valence-corrected chi connectivity index (χ3v) is 3.87. The van der Waals surface area contributed by atoms with Crippen molar-refractivity contribution in [1.29, 1.82) is 0 Å². The van der Waals surface area contributed by atoms with Gasteiger partial charge in [0.05, 0.1) is 6.26 Å². The van der Waals surface area contributed by atoms with Crippen molar-refractivity contribution in [2.24, 2.45) is 0 Å². The zero-order valence-corrected chi connectivity index (χ0v) is 11.0. The van der Waals surface area contributed by atoms with E-state index < -0.39 is 0 Å². The van der Waals surface area contributed by atoms with Crippen molar-refractivity contribution in [3.63, 3.8) is 0 Å². The van der Waals surface area contributed by atoms with Crippen molar-refractivity contribution < 1.29 is 8.81 Å². The van der Waals surface area contributed by atoms with Crippen molar-refractivity contribution in [3.05, 3.63) is 59.3 Å². The lowest BCUT2D eigenvalue weighted by atomic mass is 9.92. The Kier molecular flexibility index (Phi) is 3.38. The number of rotatable bonds is 3. The molecule has 3 rings (SSSR count). The summed E-state index contributed by atoms with van der Waals surface area (Å²) in [7, 11) is 0. The molecule has 0 saturated heterocycles. The molecule has 1 unspecified atom stereocenters. The van der Waals surface area contributed by atoms with Crippen LogP contribution in [0.2, 0.25) is 0 Å². The topological polar surface area (TPSA) is 25.2 Å². The van der Waals surface area contributed by atoms with E-state index in [4.69, 9.17) is 4.42 Å². The van der Waals surface area contributed by atoms with Crippen LogP contribution in [0.15, 0.2) is 41.0 Å². The number of hydrogen-bond acceptors (Lipinski definition) is 2. The van der Waals surface area contributed by atoms with E-state index in [1.807, 2.05) is 12.1 Å². The van der Waals surface area contributed by atoms with Crippen LogP contribution in [0.1, 0.15) is 48.7 Å². The molecule has 2 aromatic rings. The van der Waals surface area contributed by atoms with Gasteiger partial charge in [-0.1, -0.05) is 12.1 Å². The molecule has 2 atom stereocenters. The zero-order chi connectivity index (χ0) is 13.2. The second-order valence-corrected chi connectivity index (χ2v) is 5.18. The van der Waals surface area contributed by atoms with Crippen LogP contribution in [-0.4, -0.2) is 0 Å². The average Bonchev–Trinajstić information content (AvgIpc) is 2.89. The highest BCUT2D eigenvalue weighted by atomic mass is 19.1. The minimum atomic E-state index is -0.189. The lowest BCUT2D eigenvalue weighted by molar-refractivity contribution is 0.385. The highest BCUT2D eigenvalue weighted by Gasteiger charge is 2.23. The molecular formula is C16H18FNO. The van der Waals surface area contributed by atoms with E-state index in [1.165, 1.54) is 17.7 Å². The summed E-state index contributed by atoms with van der Waals surface area (Å²) in [5, 5.41) is 3.61. The molecule has 1 aromatic carbocycles. The number of fused-ring (bicyclic) bond motifs is 1. The Morgan fingerprint density at radius 2 is 2.05 bits per heavy atom. The van der Waals surface area contributed by atoms with E-state index >= 15 is 0 Å². The molecule has 0 aliphatic heterocycles. The van der Waals surface area contributed by atoms with Gasteiger partial charge in [0.25, 0.3) is 0 Å². The molecule has 0 saturated carbocycles. The third kappa shape index (κ3) is 2.56. The van der Waals surface area contributed by atoms with Gasteiger partial charge < -0.3 is 9.73 Å². The molecule has 2 nitrogen and oxygen atoms in total. The second-order valence-electron chi connectivity index (χ2n) is 5.18. The quantitative estimate of drug-likeness (QED) is 0.895. The maximum atomic E-state index is 12.9. The smallest absolute Gasteiger partial charge is 0.123 e. The third-order valence-electron chi connectivity index (χ3n) is 3.87. The minimum absolute atomic E-state index is 0.189. The van der Waals surface area contributed by atoms with Crippen molar-refractivity contribution in [3.8, 4) is 0 Å². The van der Waals surface area contributed by atoms with E-state index in [0.717, 1.165) is 30.6 Å². The van der Waals surface area contributed by atoms with Crippen molar-refractivity contribution >= 4 is 0 Å². The van der Waals surface area contributed by atoms with Crippen molar-refractivity contribution in [2.45, 2.75) is 38.3 Å². The molecule has 1 N–H and O–H groups in total. The van der Waals surface area contributed by atoms with Crippen LogP contribution < -0.4 is 5.32 Å². The highest BCUT2D eigenvalue weighted by Crippen LogP contribution is 2.32. The molecular weight excluding hydrogens is 241 g/mol. The number of aryl methyl sites for hydroxylation is 1. The van der Waals surface area contributed by atoms with E-state index in [9.17, 15) is 4.39 Å². The van der Waals surface area contributed by atoms with Gasteiger partial charge >= 0.3 is 0 Å². The largest absolute Gasteiger partial charge is 0.469 e. The summed E-state index contributed by atoms with van der Waals surface area (Å²) in [5.74, 6) is 0.917. The summed E-state index contributed by atoms with van der Waals surface area (Å²) in [6, 6.07) is 9.30. The number of halogens is 1. The fraction of sp³-hybridized carbons (Fsp3) is 0.375. The van der Waals surface area contributed by atoms with E-state index in [-0.39, 0.29) is 11.9 Å². The molecule has 0 fully saturated rings. The number of nitrogens with one attached hydrogen (secondary N) is 1. The summed E-state index contributed by atoms with van der Waals surface area (Å²) < 4.78 is 18.4. The fourth-order valence-corrected chi connectivity index (χ4v) is 2.81. The van der Waals surface area contributed by atoms with Gasteiger partial charge in [-0.05, 0) is 43.5 Å². The van der Waals surface area contributed by atoms with Gasteiger partial charge in [0.15, 0.2) is 0 Å². The number of furan rings is 1. The molecule has 0 amide bonds. The molecule has 0 radical (unpaired) electrons. The van der Waals surface area contributed by atoms with Crippen LogP contribution in [0.25, 0.3) is 0 Å². The first-order chi connectivity index (χ1) is 9.24. The van der Waals surface area contributed by atoms with Crippen LogP contribution >= 0.6 is 0 Å². The summed E-state index contributed by atoms with van der Waals surface area (Å²) in [4.78, 5) is 0. The van der Waals surface area contributed by atoms with Crippen LogP contribution in [0.5, 0.6) is 0 Å². The first kappa shape index (κ1) is 12.4. The summed E-state index contributed by atoms with van der Waals surface area (Å²) in [6.07, 6.45) is 5.07. The number of benzene rings is 1. The lowest BCUT2D eigenvalue weighted by Gasteiger charge is -2.26. The second kappa shape index (κ2) is 5.17. The van der Waals surface area contributed by atoms with E-state index in [2.05, 4.69) is 18.3 Å². The van der Waals surface area contributed by atoms with Gasteiger partial charge in [0, 0.05) is 24.1 Å². The Morgan fingerprint density at radius 1 is 1.26 bits per heavy atom. The highest BCUT2D eigenvalue weighted by molar-refractivity contribution is 5.26. The van der Waals surface area contributed by atoms with Crippen LogP contribution in [-0.2, 0) is 6.42 Å². The van der Waals surface area contributed by atoms with E-state index in [1.54, 1.807) is 6.26 Å². The first-order valence-electron chi connectivity index (χ1n) is 6.82. The van der Waals surface area contributed by atoms with Crippen LogP contribution in [0.3, 0.4) is 0 Å². The van der Waals surface area contributed by atoms with Crippen LogP contribution in [0.4, 0.5) is 4.39 Å². The Hall–Kier alpha value is -1.61. The Morgan fingerprint density at radius 3 is 2.84 bits per heavy atom. The molecule has 100 valence electrons. The molecule has 1 aromatic heterocycles. The average molecular weight is 259 g/mol. The number of hydrogen-bond donors (Lipinski definition) is 1. The molecule has 0 bridgehead atoms. The first-order valence-corrected chi connectivity index (χ1v) is 6.82. The lowest BCUT2D eigenvalue weighted by Crippen LogP contribution is -2.27. The monoisotopic (exact) mass is 259 g/mol. The molecule has 19 heavy (non-hydrogen) atoms. The zero-order valence-electron chi connectivity index (χ0n) is 11.0. The summed E-state index contributed by atoms with van der Waals surface area (Å²) in [6.45, 7) is 2.11. The van der Waals surface area contributed by atoms with Gasteiger partial charge in [0.1, 0.15) is 11.6 Å². The maximum Gasteiger partial charge on any atom is 0.123 e. The predicted molar refractivity (Wildman–Crippen MR) is 72.3 cm³/mol. The Bertz CT molecular complexity index is 546. The molecule has 1 heterocycles. The van der Waals surface area contributed by atoms with Gasteiger partial charge in [0.2, 0.25) is 0 Å². The van der Waals surface area contributed by atoms with Gasteiger partial charge in [-0.2, -0.15) is 0 Å². The standard InChI is InChI=1S/C16H18FNO/c1-11(12-5-7-13(17)8-6-12)18-15-3-2-4-16-14(15)9-10-19-16/h5-11,15,18H,2-4H2,1H3/t11-,15?/m1/s1. The molecule has 0 spiro atoms. The van der Waals surface area contributed by atoms with Gasteiger partial charge in [-0.3, -0.25) is 0 Å². The molecule has 3 heteroatoms. The summed E-state index contributed by atoms with van der Waals surface area (Å²) in [5.41, 5.74) is 2.39. The fourth-order valence-electron chi connectivity index (χ4n) is 2.81. The minimum Gasteiger partial charge on any atom is -0.469 e.